The van der Waals surface area contributed by atoms with E-state index in [-0.39, 0.29) is 0 Å². The Hall–Kier alpha value is -0.0800. The van der Waals surface area contributed by atoms with Gasteiger partial charge in [-0.15, -0.1) is 0 Å². The average Bonchev–Trinajstić information content (AvgIpc) is 2.40. The fourth-order valence-electron chi connectivity index (χ4n) is 2.97. The van der Waals surface area contributed by atoms with Gasteiger partial charge in [-0.1, -0.05) is 33.1 Å². The van der Waals surface area contributed by atoms with E-state index in [4.69, 9.17) is 0 Å². The highest BCUT2D eigenvalue weighted by atomic mass is 15.1. The summed E-state index contributed by atoms with van der Waals surface area (Å²) in [6.07, 6.45) is 8.56. The highest BCUT2D eigenvalue weighted by Gasteiger charge is 2.19. The second kappa shape index (κ2) is 8.93. The van der Waals surface area contributed by atoms with Crippen LogP contribution in [0.15, 0.2) is 0 Å². The third kappa shape index (κ3) is 5.87. The van der Waals surface area contributed by atoms with Crippen molar-refractivity contribution in [3.63, 3.8) is 0 Å². The van der Waals surface area contributed by atoms with Gasteiger partial charge >= 0.3 is 0 Å². The van der Waals surface area contributed by atoms with Crippen LogP contribution in [0.3, 0.4) is 0 Å². The van der Waals surface area contributed by atoms with Crippen LogP contribution in [-0.2, 0) is 0 Å². The van der Waals surface area contributed by atoms with Gasteiger partial charge in [-0.05, 0) is 58.3 Å². The molecule has 2 nitrogen and oxygen atoms in total. The minimum Gasteiger partial charge on any atom is -0.314 e. The topological polar surface area (TPSA) is 15.3 Å². The molecular formula is C15H32N2. The Morgan fingerprint density at radius 1 is 1.12 bits per heavy atom. The van der Waals surface area contributed by atoms with Crippen LogP contribution in [0.5, 0.6) is 0 Å². The molecule has 17 heavy (non-hydrogen) atoms. The number of nitrogens with one attached hydrogen (secondary N) is 1. The average molecular weight is 240 g/mol. The molecule has 1 fully saturated rings. The first-order chi connectivity index (χ1) is 8.27. The first-order valence-electron chi connectivity index (χ1n) is 7.73. The van der Waals surface area contributed by atoms with Crippen LogP contribution in [0.1, 0.15) is 59.3 Å². The van der Waals surface area contributed by atoms with Crippen LogP contribution >= 0.6 is 0 Å². The molecule has 1 saturated carbocycles. The van der Waals surface area contributed by atoms with Crippen LogP contribution in [-0.4, -0.2) is 37.1 Å². The zero-order chi connectivity index (χ0) is 12.5. The second-order valence-electron chi connectivity index (χ2n) is 5.52. The van der Waals surface area contributed by atoms with E-state index in [0.29, 0.717) is 0 Å². The van der Waals surface area contributed by atoms with E-state index >= 15 is 0 Å². The third-order valence-corrected chi connectivity index (χ3v) is 4.37. The van der Waals surface area contributed by atoms with Crippen molar-refractivity contribution in [1.29, 1.82) is 0 Å². The highest BCUT2D eigenvalue weighted by Crippen LogP contribution is 2.26. The molecule has 0 saturated heterocycles. The quantitative estimate of drug-likeness (QED) is 0.655. The van der Waals surface area contributed by atoms with Gasteiger partial charge in [0.15, 0.2) is 0 Å². The van der Waals surface area contributed by atoms with Gasteiger partial charge in [0, 0.05) is 6.04 Å². The molecule has 1 aliphatic carbocycles. The molecule has 1 N–H and O–H groups in total. The maximum atomic E-state index is 3.73. The molecule has 0 aromatic rings. The minimum absolute atomic E-state index is 0.729. The molecule has 0 radical (unpaired) electrons. The minimum atomic E-state index is 0.729. The molecule has 0 aromatic carbocycles. The molecule has 102 valence electrons. The van der Waals surface area contributed by atoms with Gasteiger partial charge in [-0.3, -0.25) is 0 Å². The van der Waals surface area contributed by atoms with Gasteiger partial charge in [-0.25, -0.2) is 0 Å². The van der Waals surface area contributed by atoms with Crippen molar-refractivity contribution in [3.8, 4) is 0 Å². The number of hydrogen-bond donors (Lipinski definition) is 1. The van der Waals surface area contributed by atoms with Gasteiger partial charge in [0.25, 0.3) is 0 Å². The summed E-state index contributed by atoms with van der Waals surface area (Å²) in [5.74, 6) is 0.942. The highest BCUT2D eigenvalue weighted by molar-refractivity contribution is 4.75. The monoisotopic (exact) mass is 240 g/mol. The van der Waals surface area contributed by atoms with Gasteiger partial charge in [0.2, 0.25) is 0 Å². The first kappa shape index (κ1) is 15.0. The normalized spacial score (nSPS) is 19.8. The molecule has 1 unspecified atom stereocenters. The first-order valence-corrected chi connectivity index (χ1v) is 7.73. The zero-order valence-electron chi connectivity index (χ0n) is 12.2. The maximum absolute atomic E-state index is 3.73. The third-order valence-electron chi connectivity index (χ3n) is 4.37. The number of nitrogens with zero attached hydrogens (tertiary/aromatic N) is 1. The van der Waals surface area contributed by atoms with Crippen molar-refractivity contribution >= 4 is 0 Å². The lowest BCUT2D eigenvalue weighted by atomic mass is 9.84. The predicted molar refractivity (Wildman–Crippen MR) is 76.4 cm³/mol. The molecule has 0 spiro atoms. The number of rotatable bonds is 8. The molecule has 1 atom stereocenters. The lowest BCUT2D eigenvalue weighted by molar-refractivity contribution is 0.267. The predicted octanol–water partition coefficient (Wildman–Crippen LogP) is 3.28. The Labute approximate surface area is 108 Å². The number of hydrogen-bond acceptors (Lipinski definition) is 2. The molecule has 0 aromatic heterocycles. The molecule has 0 amide bonds. The Morgan fingerprint density at radius 2 is 1.76 bits per heavy atom. The second-order valence-corrected chi connectivity index (χ2v) is 5.52. The summed E-state index contributed by atoms with van der Waals surface area (Å²) in [7, 11) is 0. The summed E-state index contributed by atoms with van der Waals surface area (Å²) in [6.45, 7) is 11.7. The van der Waals surface area contributed by atoms with E-state index < -0.39 is 0 Å². The molecule has 0 aliphatic heterocycles. The van der Waals surface area contributed by atoms with Crippen molar-refractivity contribution in [2.75, 3.05) is 26.2 Å². The Morgan fingerprint density at radius 3 is 2.35 bits per heavy atom. The zero-order valence-corrected chi connectivity index (χ0v) is 12.2. The van der Waals surface area contributed by atoms with Gasteiger partial charge in [0.1, 0.15) is 0 Å². The maximum Gasteiger partial charge on any atom is 0.00670 e. The van der Waals surface area contributed by atoms with Crippen LogP contribution in [0.25, 0.3) is 0 Å². The van der Waals surface area contributed by atoms with Crippen molar-refractivity contribution in [2.24, 2.45) is 5.92 Å². The summed E-state index contributed by atoms with van der Waals surface area (Å²) in [6, 6.07) is 0.729. The van der Waals surface area contributed by atoms with Crippen molar-refractivity contribution < 1.29 is 0 Å². The van der Waals surface area contributed by atoms with E-state index in [1.807, 2.05) is 0 Å². The molecule has 1 aliphatic rings. The van der Waals surface area contributed by atoms with Crippen LogP contribution in [0, 0.1) is 5.92 Å². The van der Waals surface area contributed by atoms with E-state index in [1.54, 1.807) is 0 Å². The van der Waals surface area contributed by atoms with E-state index in [1.165, 1.54) is 64.7 Å². The summed E-state index contributed by atoms with van der Waals surface area (Å²) >= 11 is 0. The molecule has 0 heterocycles. The summed E-state index contributed by atoms with van der Waals surface area (Å²) in [5, 5.41) is 3.73. The Balaban J connectivity index is 2.04. The lowest BCUT2D eigenvalue weighted by Crippen LogP contribution is -2.36. The largest absolute Gasteiger partial charge is 0.314 e. The SMILES string of the molecule is CCN(CC)CCCNC(C)C1CCCCC1. The lowest BCUT2D eigenvalue weighted by Gasteiger charge is -2.28. The van der Waals surface area contributed by atoms with Crippen LogP contribution in [0.2, 0.25) is 0 Å². The van der Waals surface area contributed by atoms with E-state index in [2.05, 4.69) is 31.0 Å². The summed E-state index contributed by atoms with van der Waals surface area (Å²) in [5.41, 5.74) is 0. The fourth-order valence-corrected chi connectivity index (χ4v) is 2.97. The van der Waals surface area contributed by atoms with E-state index in [9.17, 15) is 0 Å². The molecule has 0 bridgehead atoms. The van der Waals surface area contributed by atoms with Crippen LogP contribution in [0.4, 0.5) is 0 Å². The van der Waals surface area contributed by atoms with Gasteiger partial charge in [-0.2, -0.15) is 0 Å². The Kier molecular flexibility index (Phi) is 7.87. The van der Waals surface area contributed by atoms with Crippen molar-refractivity contribution in [1.82, 2.24) is 10.2 Å². The smallest absolute Gasteiger partial charge is 0.00670 e. The standard InChI is InChI=1S/C15H32N2/c1-4-17(5-2)13-9-12-16-14(3)15-10-7-6-8-11-15/h14-16H,4-13H2,1-3H3. The molecular weight excluding hydrogens is 208 g/mol. The fraction of sp³-hybridized carbons (Fsp3) is 1.00. The van der Waals surface area contributed by atoms with Gasteiger partial charge < -0.3 is 10.2 Å². The molecule has 2 heteroatoms. The summed E-state index contributed by atoms with van der Waals surface area (Å²) in [4.78, 5) is 2.51. The van der Waals surface area contributed by atoms with Crippen molar-refractivity contribution in [2.45, 2.75) is 65.3 Å². The van der Waals surface area contributed by atoms with Crippen molar-refractivity contribution in [3.05, 3.63) is 0 Å². The van der Waals surface area contributed by atoms with Gasteiger partial charge in [0.05, 0.1) is 0 Å². The summed E-state index contributed by atoms with van der Waals surface area (Å²) < 4.78 is 0. The van der Waals surface area contributed by atoms with E-state index in [0.717, 1.165) is 12.0 Å². The Bertz CT molecular complexity index is 172. The van der Waals surface area contributed by atoms with Crippen LogP contribution < -0.4 is 5.32 Å². The molecule has 1 rings (SSSR count).